The van der Waals surface area contributed by atoms with Gasteiger partial charge in [0.2, 0.25) is 11.8 Å². The number of urea groups is 1. The summed E-state index contributed by atoms with van der Waals surface area (Å²) >= 11 is 1.43. The van der Waals surface area contributed by atoms with Gasteiger partial charge in [0.05, 0.1) is 5.69 Å². The van der Waals surface area contributed by atoms with Crippen molar-refractivity contribution in [2.24, 2.45) is 5.73 Å². The molecule has 3 amide bonds. The molecule has 3 rings (SSSR count). The van der Waals surface area contributed by atoms with Crippen LogP contribution in [0.25, 0.3) is 0 Å². The van der Waals surface area contributed by atoms with Crippen molar-refractivity contribution in [1.29, 1.82) is 0 Å². The first-order valence-electron chi connectivity index (χ1n) is 9.43. The van der Waals surface area contributed by atoms with Gasteiger partial charge in [-0.15, -0.1) is 11.8 Å². The van der Waals surface area contributed by atoms with Crippen molar-refractivity contribution in [2.75, 3.05) is 11.1 Å². The highest BCUT2D eigenvalue weighted by Gasteiger charge is 2.11. The molecule has 0 atom stereocenters. The lowest BCUT2D eigenvalue weighted by Gasteiger charge is -2.13. The van der Waals surface area contributed by atoms with Gasteiger partial charge in [0.1, 0.15) is 11.6 Å². The zero-order valence-electron chi connectivity index (χ0n) is 16.5. The molecule has 0 aliphatic rings. The first kappa shape index (κ1) is 22.1. The van der Waals surface area contributed by atoms with Gasteiger partial charge in [-0.3, -0.25) is 4.79 Å². The van der Waals surface area contributed by atoms with Crippen LogP contribution < -0.4 is 21.1 Å². The SMILES string of the molecule is NC(=O)CCSc1ccccc1NC(=O)NCc1cccnc1Oc1cccc(F)c1. The molecule has 0 aliphatic heterocycles. The van der Waals surface area contributed by atoms with Gasteiger partial charge in [-0.1, -0.05) is 24.3 Å². The van der Waals surface area contributed by atoms with Crippen LogP contribution in [0.3, 0.4) is 0 Å². The maximum atomic E-state index is 13.4. The number of carbonyl (C=O) groups excluding carboxylic acids is 2. The van der Waals surface area contributed by atoms with E-state index in [4.69, 9.17) is 10.5 Å². The van der Waals surface area contributed by atoms with E-state index in [2.05, 4.69) is 15.6 Å². The molecular formula is C22H21FN4O3S. The van der Waals surface area contributed by atoms with Crippen LogP contribution in [0.2, 0.25) is 0 Å². The zero-order chi connectivity index (χ0) is 22.1. The number of nitrogens with two attached hydrogens (primary N) is 1. The second kappa shape index (κ2) is 11.0. The normalized spacial score (nSPS) is 10.4. The fourth-order valence-corrected chi connectivity index (χ4v) is 3.56. The predicted molar refractivity (Wildman–Crippen MR) is 118 cm³/mol. The third-order valence-electron chi connectivity index (χ3n) is 4.04. The summed E-state index contributed by atoms with van der Waals surface area (Å²) in [6, 6.07) is 16.1. The minimum absolute atomic E-state index is 0.154. The Bertz CT molecular complexity index is 1060. The Morgan fingerprint density at radius 3 is 2.74 bits per heavy atom. The van der Waals surface area contributed by atoms with Crippen LogP contribution in [-0.4, -0.2) is 22.7 Å². The van der Waals surface area contributed by atoms with E-state index in [0.29, 0.717) is 22.8 Å². The number of aromatic nitrogens is 1. The summed E-state index contributed by atoms with van der Waals surface area (Å²) in [6.07, 6.45) is 1.80. The van der Waals surface area contributed by atoms with Crippen molar-refractivity contribution in [3.63, 3.8) is 0 Å². The highest BCUT2D eigenvalue weighted by Crippen LogP contribution is 2.27. The number of rotatable bonds is 9. The van der Waals surface area contributed by atoms with E-state index < -0.39 is 11.8 Å². The number of benzene rings is 2. The third kappa shape index (κ3) is 7.00. The summed E-state index contributed by atoms with van der Waals surface area (Å²) in [4.78, 5) is 28.3. The molecule has 7 nitrogen and oxygen atoms in total. The van der Waals surface area contributed by atoms with Crippen molar-refractivity contribution in [2.45, 2.75) is 17.9 Å². The number of nitrogens with one attached hydrogen (secondary N) is 2. The lowest BCUT2D eigenvalue weighted by molar-refractivity contribution is -0.117. The van der Waals surface area contributed by atoms with E-state index in [9.17, 15) is 14.0 Å². The number of amides is 3. The van der Waals surface area contributed by atoms with E-state index in [1.165, 1.54) is 30.0 Å². The van der Waals surface area contributed by atoms with Crippen LogP contribution in [0.5, 0.6) is 11.6 Å². The maximum absolute atomic E-state index is 13.4. The number of halogens is 1. The van der Waals surface area contributed by atoms with Gasteiger partial charge in [-0.05, 0) is 30.3 Å². The number of thioether (sulfide) groups is 1. The van der Waals surface area contributed by atoms with E-state index in [1.807, 2.05) is 12.1 Å². The first-order chi connectivity index (χ1) is 15.0. The molecule has 0 saturated heterocycles. The minimum atomic E-state index is -0.417. The number of nitrogens with zero attached hydrogens (tertiary/aromatic N) is 1. The summed E-state index contributed by atoms with van der Waals surface area (Å²) in [6.45, 7) is 0.154. The number of hydrogen-bond acceptors (Lipinski definition) is 5. The van der Waals surface area contributed by atoms with Crippen molar-refractivity contribution < 1.29 is 18.7 Å². The number of carbonyl (C=O) groups is 2. The average Bonchev–Trinajstić information content (AvgIpc) is 2.74. The monoisotopic (exact) mass is 440 g/mol. The molecule has 0 spiro atoms. The number of primary amides is 1. The Morgan fingerprint density at radius 1 is 1.10 bits per heavy atom. The standard InChI is InChI=1S/C22H21FN4O3S/c23-16-6-3-7-17(13-16)30-21-15(5-4-11-25-21)14-26-22(29)27-18-8-1-2-9-19(18)31-12-10-20(24)28/h1-9,11,13H,10,12,14H2,(H2,24,28)(H2,26,27,29). The lowest BCUT2D eigenvalue weighted by Crippen LogP contribution is -2.28. The Hall–Kier alpha value is -3.59. The van der Waals surface area contributed by atoms with E-state index in [0.717, 1.165) is 4.90 Å². The van der Waals surface area contributed by atoms with Gasteiger partial charge in [0.15, 0.2) is 0 Å². The van der Waals surface area contributed by atoms with Gasteiger partial charge in [-0.25, -0.2) is 14.2 Å². The van der Waals surface area contributed by atoms with Crippen LogP contribution >= 0.6 is 11.8 Å². The maximum Gasteiger partial charge on any atom is 0.319 e. The number of anilines is 1. The highest BCUT2D eigenvalue weighted by molar-refractivity contribution is 7.99. The smallest absolute Gasteiger partial charge is 0.319 e. The lowest BCUT2D eigenvalue weighted by atomic mass is 10.2. The van der Waals surface area contributed by atoms with Crippen LogP contribution in [0.1, 0.15) is 12.0 Å². The van der Waals surface area contributed by atoms with Gasteiger partial charge in [-0.2, -0.15) is 0 Å². The number of para-hydroxylation sites is 1. The highest BCUT2D eigenvalue weighted by atomic mass is 32.2. The van der Waals surface area contributed by atoms with Crippen molar-refractivity contribution in [3.05, 3.63) is 78.2 Å². The molecular weight excluding hydrogens is 419 g/mol. The average molecular weight is 441 g/mol. The van der Waals surface area contributed by atoms with Crippen molar-refractivity contribution >= 4 is 29.4 Å². The van der Waals surface area contributed by atoms with Crippen LogP contribution in [0, 0.1) is 5.82 Å². The van der Waals surface area contributed by atoms with Gasteiger partial charge < -0.3 is 21.1 Å². The van der Waals surface area contributed by atoms with Crippen LogP contribution in [0.4, 0.5) is 14.9 Å². The Balaban J connectivity index is 1.60. The molecule has 3 aromatic rings. The molecule has 160 valence electrons. The topological polar surface area (TPSA) is 106 Å². The fourth-order valence-electron chi connectivity index (χ4n) is 2.59. The molecule has 31 heavy (non-hydrogen) atoms. The Labute approximate surface area is 183 Å². The number of pyridine rings is 1. The molecule has 0 bridgehead atoms. The minimum Gasteiger partial charge on any atom is -0.439 e. The third-order valence-corrected chi connectivity index (χ3v) is 5.12. The van der Waals surface area contributed by atoms with E-state index in [1.54, 1.807) is 36.5 Å². The molecule has 2 aromatic carbocycles. The molecule has 1 heterocycles. The molecule has 4 N–H and O–H groups in total. The summed E-state index contributed by atoms with van der Waals surface area (Å²) < 4.78 is 19.1. The number of ether oxygens (including phenoxy) is 1. The molecule has 1 aromatic heterocycles. The first-order valence-corrected chi connectivity index (χ1v) is 10.4. The largest absolute Gasteiger partial charge is 0.439 e. The predicted octanol–water partition coefficient (Wildman–Crippen LogP) is 4.30. The molecule has 0 saturated carbocycles. The van der Waals surface area contributed by atoms with E-state index >= 15 is 0 Å². The summed E-state index contributed by atoms with van der Waals surface area (Å²) in [7, 11) is 0. The van der Waals surface area contributed by atoms with Gasteiger partial charge in [0.25, 0.3) is 0 Å². The van der Waals surface area contributed by atoms with Crippen LogP contribution in [0.15, 0.2) is 71.8 Å². The molecule has 0 radical (unpaired) electrons. The molecule has 9 heteroatoms. The van der Waals surface area contributed by atoms with E-state index in [-0.39, 0.29) is 24.8 Å². The summed E-state index contributed by atoms with van der Waals surface area (Å²) in [5, 5.41) is 5.56. The second-order valence-corrected chi connectivity index (χ2v) is 7.53. The summed E-state index contributed by atoms with van der Waals surface area (Å²) in [5.41, 5.74) is 6.43. The molecule has 0 fully saturated rings. The zero-order valence-corrected chi connectivity index (χ0v) is 17.3. The summed E-state index contributed by atoms with van der Waals surface area (Å²) in [5.74, 6) is 0.317. The quantitative estimate of drug-likeness (QED) is 0.430. The van der Waals surface area contributed by atoms with Crippen molar-refractivity contribution in [1.82, 2.24) is 10.3 Å². The van der Waals surface area contributed by atoms with Crippen LogP contribution in [-0.2, 0) is 11.3 Å². The van der Waals surface area contributed by atoms with Gasteiger partial charge >= 0.3 is 6.03 Å². The number of hydrogen-bond donors (Lipinski definition) is 3. The van der Waals surface area contributed by atoms with Gasteiger partial charge in [0, 0.05) is 41.4 Å². The Kier molecular flexibility index (Phi) is 7.83. The Morgan fingerprint density at radius 2 is 1.94 bits per heavy atom. The second-order valence-electron chi connectivity index (χ2n) is 6.40. The molecule has 0 aliphatic carbocycles. The molecule has 0 unspecified atom stereocenters. The van der Waals surface area contributed by atoms with Crippen molar-refractivity contribution in [3.8, 4) is 11.6 Å². The fraction of sp³-hybridized carbons (Fsp3) is 0.136.